The second-order valence-corrected chi connectivity index (χ2v) is 5.64. The van der Waals surface area contributed by atoms with Gasteiger partial charge in [0.15, 0.2) is 0 Å². The lowest BCUT2D eigenvalue weighted by Crippen LogP contribution is -2.00. The third kappa shape index (κ3) is 2.56. The van der Waals surface area contributed by atoms with Crippen molar-refractivity contribution in [3.8, 4) is 5.69 Å². The molecule has 0 N–H and O–H groups in total. The normalized spacial score (nSPS) is 11.2. The van der Waals surface area contributed by atoms with Crippen molar-refractivity contribution < 1.29 is 0 Å². The van der Waals surface area contributed by atoms with Gasteiger partial charge in [0.05, 0.1) is 11.0 Å². The van der Waals surface area contributed by atoms with Crippen molar-refractivity contribution in [2.75, 3.05) is 5.88 Å². The van der Waals surface area contributed by atoms with E-state index >= 15 is 0 Å². The monoisotopic (exact) mass is 298 g/mol. The quantitative estimate of drug-likeness (QED) is 0.640. The average molecular weight is 299 g/mol. The summed E-state index contributed by atoms with van der Waals surface area (Å²) in [7, 11) is 0. The first-order chi connectivity index (χ1) is 10.2. The summed E-state index contributed by atoms with van der Waals surface area (Å²) in [5.74, 6) is 1.76. The van der Waals surface area contributed by atoms with Gasteiger partial charge in [-0.3, -0.25) is 4.57 Å². The van der Waals surface area contributed by atoms with Gasteiger partial charge >= 0.3 is 0 Å². The molecule has 0 unspecified atom stereocenters. The average Bonchev–Trinajstić information content (AvgIpc) is 2.88. The summed E-state index contributed by atoms with van der Waals surface area (Å²) in [4.78, 5) is 4.81. The van der Waals surface area contributed by atoms with Gasteiger partial charge in [-0.05, 0) is 42.7 Å². The van der Waals surface area contributed by atoms with E-state index in [0.29, 0.717) is 5.88 Å². The van der Waals surface area contributed by atoms with E-state index in [9.17, 15) is 0 Å². The fraction of sp³-hybridized carbons (Fsp3) is 0.278. The molecule has 0 bridgehead atoms. The molecule has 0 saturated carbocycles. The van der Waals surface area contributed by atoms with Crippen molar-refractivity contribution >= 4 is 22.6 Å². The highest BCUT2D eigenvalue weighted by Crippen LogP contribution is 2.24. The highest BCUT2D eigenvalue weighted by atomic mass is 35.5. The molecule has 21 heavy (non-hydrogen) atoms. The van der Waals surface area contributed by atoms with Crippen molar-refractivity contribution in [2.24, 2.45) is 0 Å². The van der Waals surface area contributed by atoms with Crippen LogP contribution in [0.15, 0.2) is 42.5 Å². The predicted molar refractivity (Wildman–Crippen MR) is 89.6 cm³/mol. The Hall–Kier alpha value is -1.80. The first kappa shape index (κ1) is 14.2. The molecule has 0 amide bonds. The molecule has 2 nitrogen and oxygen atoms in total. The number of imidazole rings is 1. The number of hydrogen-bond acceptors (Lipinski definition) is 1. The van der Waals surface area contributed by atoms with E-state index in [1.54, 1.807) is 0 Å². The molecule has 0 radical (unpaired) electrons. The van der Waals surface area contributed by atoms with Gasteiger partial charge < -0.3 is 0 Å². The molecule has 1 aromatic heterocycles. The molecule has 0 atom stereocenters. The largest absolute Gasteiger partial charge is 0.296 e. The van der Waals surface area contributed by atoms with Gasteiger partial charge in [-0.25, -0.2) is 4.98 Å². The van der Waals surface area contributed by atoms with Crippen LogP contribution in [0.5, 0.6) is 0 Å². The molecule has 0 saturated heterocycles. The predicted octanol–water partition coefficient (Wildman–Crippen LogP) is 4.68. The Labute approximate surface area is 130 Å². The van der Waals surface area contributed by atoms with Gasteiger partial charge in [0.25, 0.3) is 0 Å². The summed E-state index contributed by atoms with van der Waals surface area (Å²) >= 11 is 5.80. The van der Waals surface area contributed by atoms with Gasteiger partial charge in [-0.15, -0.1) is 11.6 Å². The number of aryl methyl sites for hydroxylation is 3. The highest BCUT2D eigenvalue weighted by Gasteiger charge is 2.12. The van der Waals surface area contributed by atoms with E-state index in [1.165, 1.54) is 22.3 Å². The number of para-hydroxylation sites is 1. The zero-order chi connectivity index (χ0) is 14.8. The summed E-state index contributed by atoms with van der Waals surface area (Å²) in [5, 5.41) is 0. The summed E-state index contributed by atoms with van der Waals surface area (Å²) in [6.45, 7) is 4.26. The molecule has 2 aromatic carbocycles. The van der Waals surface area contributed by atoms with E-state index in [2.05, 4.69) is 60.9 Å². The molecule has 0 aliphatic carbocycles. The van der Waals surface area contributed by atoms with Crippen molar-refractivity contribution in [3.63, 3.8) is 0 Å². The maximum atomic E-state index is 5.80. The number of rotatable bonds is 4. The molecule has 3 aromatic rings. The Morgan fingerprint density at radius 2 is 1.86 bits per heavy atom. The molecule has 0 spiro atoms. The minimum atomic E-state index is 0.659. The van der Waals surface area contributed by atoms with Gasteiger partial charge in [-0.2, -0.15) is 0 Å². The Bertz CT molecular complexity index is 757. The molecular weight excluding hydrogens is 280 g/mol. The van der Waals surface area contributed by atoms with Gasteiger partial charge in [0.1, 0.15) is 5.82 Å². The first-order valence-corrected chi connectivity index (χ1v) is 7.90. The maximum Gasteiger partial charge on any atom is 0.114 e. The Balaban J connectivity index is 2.16. The smallest absolute Gasteiger partial charge is 0.114 e. The molecule has 108 valence electrons. The van der Waals surface area contributed by atoms with Crippen molar-refractivity contribution in [2.45, 2.75) is 26.7 Å². The number of hydrogen-bond donors (Lipinski definition) is 0. The lowest BCUT2D eigenvalue weighted by molar-refractivity contribution is 0.907. The minimum absolute atomic E-state index is 0.659. The summed E-state index contributed by atoms with van der Waals surface area (Å²) < 4.78 is 2.26. The van der Waals surface area contributed by atoms with Crippen LogP contribution < -0.4 is 0 Å². The van der Waals surface area contributed by atoms with Crippen LogP contribution in [0.25, 0.3) is 16.7 Å². The zero-order valence-corrected chi connectivity index (χ0v) is 13.2. The fourth-order valence-electron chi connectivity index (χ4n) is 2.73. The number of nitrogens with zero attached hydrogens (tertiary/aromatic N) is 2. The van der Waals surface area contributed by atoms with Crippen LogP contribution in [0, 0.1) is 6.92 Å². The van der Waals surface area contributed by atoms with Crippen LogP contribution in [0.1, 0.15) is 23.9 Å². The van der Waals surface area contributed by atoms with Gasteiger partial charge in [-0.1, -0.05) is 31.2 Å². The summed E-state index contributed by atoms with van der Waals surface area (Å²) in [5.41, 5.74) is 5.93. The molecular formula is C18H19ClN2. The molecule has 0 fully saturated rings. The van der Waals surface area contributed by atoms with Crippen LogP contribution in [-0.4, -0.2) is 15.4 Å². The molecule has 3 heteroatoms. The Morgan fingerprint density at radius 1 is 1.10 bits per heavy atom. The fourth-order valence-corrected chi connectivity index (χ4v) is 2.95. The minimum Gasteiger partial charge on any atom is -0.296 e. The van der Waals surface area contributed by atoms with Crippen LogP contribution >= 0.6 is 11.6 Å². The van der Waals surface area contributed by atoms with E-state index in [-0.39, 0.29) is 0 Å². The van der Waals surface area contributed by atoms with E-state index < -0.39 is 0 Å². The van der Waals surface area contributed by atoms with E-state index in [1.807, 2.05) is 0 Å². The summed E-state index contributed by atoms with van der Waals surface area (Å²) in [6, 6.07) is 15.0. The van der Waals surface area contributed by atoms with E-state index in [4.69, 9.17) is 16.6 Å². The molecule has 3 rings (SSSR count). The lowest BCUT2D eigenvalue weighted by Gasteiger charge is -2.09. The number of benzene rings is 2. The topological polar surface area (TPSA) is 17.8 Å². The lowest BCUT2D eigenvalue weighted by atomic mass is 10.1. The second-order valence-electron chi connectivity index (χ2n) is 5.27. The third-order valence-electron chi connectivity index (χ3n) is 3.85. The van der Waals surface area contributed by atoms with Gasteiger partial charge in [0.2, 0.25) is 0 Å². The molecule has 0 aliphatic heterocycles. The third-order valence-corrected chi connectivity index (χ3v) is 4.04. The van der Waals surface area contributed by atoms with Crippen molar-refractivity contribution in [1.82, 2.24) is 9.55 Å². The SMILES string of the molecule is CCc1nc2c(C)cccc2n1-c1ccc(CCCl)cc1. The van der Waals surface area contributed by atoms with Crippen molar-refractivity contribution in [1.29, 1.82) is 0 Å². The summed E-state index contributed by atoms with van der Waals surface area (Å²) in [6.07, 6.45) is 1.82. The molecule has 0 aliphatic rings. The number of fused-ring (bicyclic) bond motifs is 1. The molecule has 1 heterocycles. The second kappa shape index (κ2) is 5.90. The van der Waals surface area contributed by atoms with Crippen LogP contribution in [0.3, 0.4) is 0 Å². The Kier molecular flexibility index (Phi) is 3.98. The number of alkyl halides is 1. The maximum absolute atomic E-state index is 5.80. The van der Waals surface area contributed by atoms with Crippen LogP contribution in [-0.2, 0) is 12.8 Å². The van der Waals surface area contributed by atoms with Crippen LogP contribution in [0.4, 0.5) is 0 Å². The van der Waals surface area contributed by atoms with Gasteiger partial charge in [0, 0.05) is 18.0 Å². The van der Waals surface area contributed by atoms with E-state index in [0.717, 1.165) is 24.2 Å². The number of aromatic nitrogens is 2. The first-order valence-electron chi connectivity index (χ1n) is 7.36. The zero-order valence-electron chi connectivity index (χ0n) is 12.4. The number of halogens is 1. The van der Waals surface area contributed by atoms with Crippen LogP contribution in [0.2, 0.25) is 0 Å². The standard InChI is InChI=1S/C18H19ClN2/c1-3-17-20-18-13(2)5-4-6-16(18)21(17)15-9-7-14(8-10-15)11-12-19/h4-10H,3,11-12H2,1-2H3. The Morgan fingerprint density at radius 3 is 2.52 bits per heavy atom. The highest BCUT2D eigenvalue weighted by molar-refractivity contribution is 6.17. The van der Waals surface area contributed by atoms with Crippen molar-refractivity contribution in [3.05, 3.63) is 59.4 Å².